The Kier molecular flexibility index (Phi) is 4.20. The fraction of sp³-hybridized carbons (Fsp3) is 0.333. The maximum Gasteiger partial charge on any atom is 0.271 e. The van der Waals surface area contributed by atoms with Gasteiger partial charge in [-0.2, -0.15) is 5.10 Å². The van der Waals surface area contributed by atoms with Crippen LogP contribution in [0.5, 0.6) is 5.75 Å². The quantitative estimate of drug-likeness (QED) is 0.920. The molecule has 1 aromatic heterocycles. The third kappa shape index (κ3) is 2.58. The highest BCUT2D eigenvalue weighted by molar-refractivity contribution is 5.62. The SMILES string of the molecule is CCn1nc(-c2ccc(OC)c(C)c2)cc(CN)c1=O. The third-order valence-electron chi connectivity index (χ3n) is 3.26. The van der Waals surface area contributed by atoms with E-state index in [2.05, 4.69) is 5.10 Å². The first kappa shape index (κ1) is 14.3. The first-order chi connectivity index (χ1) is 9.60. The summed E-state index contributed by atoms with van der Waals surface area (Å²) in [6, 6.07) is 7.58. The Bertz CT molecular complexity index is 649. The molecule has 0 saturated heterocycles. The summed E-state index contributed by atoms with van der Waals surface area (Å²) in [6.07, 6.45) is 0. The van der Waals surface area contributed by atoms with Crippen molar-refractivity contribution in [2.24, 2.45) is 5.73 Å². The summed E-state index contributed by atoms with van der Waals surface area (Å²) in [4.78, 5) is 12.0. The van der Waals surface area contributed by atoms with Crippen molar-refractivity contribution >= 4 is 0 Å². The topological polar surface area (TPSA) is 70.1 Å². The number of aryl methyl sites for hydroxylation is 2. The van der Waals surface area contributed by atoms with Crippen LogP contribution < -0.4 is 16.0 Å². The van der Waals surface area contributed by atoms with E-state index in [1.54, 1.807) is 13.2 Å². The number of nitrogens with zero attached hydrogens (tertiary/aromatic N) is 2. The van der Waals surface area contributed by atoms with Crippen LogP contribution in [0.1, 0.15) is 18.1 Å². The lowest BCUT2D eigenvalue weighted by molar-refractivity contribution is 0.412. The van der Waals surface area contributed by atoms with Crippen LogP contribution in [0.15, 0.2) is 29.1 Å². The zero-order valence-electron chi connectivity index (χ0n) is 12.0. The minimum Gasteiger partial charge on any atom is -0.496 e. The van der Waals surface area contributed by atoms with E-state index >= 15 is 0 Å². The van der Waals surface area contributed by atoms with Crippen molar-refractivity contribution < 1.29 is 4.74 Å². The lowest BCUT2D eigenvalue weighted by Crippen LogP contribution is -2.27. The fourth-order valence-corrected chi connectivity index (χ4v) is 2.14. The molecule has 0 radical (unpaired) electrons. The standard InChI is InChI=1S/C15H19N3O2/c1-4-18-15(19)12(9-16)8-13(17-18)11-5-6-14(20-3)10(2)7-11/h5-8H,4,9,16H2,1-3H3. The van der Waals surface area contributed by atoms with E-state index in [-0.39, 0.29) is 12.1 Å². The summed E-state index contributed by atoms with van der Waals surface area (Å²) in [7, 11) is 1.64. The molecule has 2 rings (SSSR count). The van der Waals surface area contributed by atoms with Crippen molar-refractivity contribution in [3.63, 3.8) is 0 Å². The minimum absolute atomic E-state index is 0.121. The smallest absolute Gasteiger partial charge is 0.271 e. The Morgan fingerprint density at radius 1 is 1.35 bits per heavy atom. The van der Waals surface area contributed by atoms with E-state index in [1.807, 2.05) is 32.0 Å². The second kappa shape index (κ2) is 5.88. The van der Waals surface area contributed by atoms with Crippen molar-refractivity contribution in [1.82, 2.24) is 9.78 Å². The van der Waals surface area contributed by atoms with Gasteiger partial charge in [0.1, 0.15) is 5.75 Å². The molecule has 0 aliphatic rings. The van der Waals surface area contributed by atoms with E-state index in [0.29, 0.717) is 12.1 Å². The molecule has 0 aliphatic carbocycles. The molecule has 2 N–H and O–H groups in total. The van der Waals surface area contributed by atoms with Gasteiger partial charge in [-0.1, -0.05) is 0 Å². The monoisotopic (exact) mass is 273 g/mol. The van der Waals surface area contributed by atoms with Crippen LogP contribution in [0, 0.1) is 6.92 Å². The summed E-state index contributed by atoms with van der Waals surface area (Å²) in [6.45, 7) is 4.60. The van der Waals surface area contributed by atoms with Gasteiger partial charge in [0.25, 0.3) is 5.56 Å². The van der Waals surface area contributed by atoms with Crippen LogP contribution in [0.25, 0.3) is 11.3 Å². The average molecular weight is 273 g/mol. The molecule has 106 valence electrons. The molecule has 1 heterocycles. The lowest BCUT2D eigenvalue weighted by Gasteiger charge is -2.10. The van der Waals surface area contributed by atoms with Gasteiger partial charge < -0.3 is 10.5 Å². The summed E-state index contributed by atoms with van der Waals surface area (Å²) < 4.78 is 6.69. The first-order valence-electron chi connectivity index (χ1n) is 6.56. The molecule has 2 aromatic rings. The van der Waals surface area contributed by atoms with Crippen LogP contribution >= 0.6 is 0 Å². The first-order valence-corrected chi connectivity index (χ1v) is 6.56. The molecule has 0 saturated carbocycles. The highest BCUT2D eigenvalue weighted by Gasteiger charge is 2.09. The van der Waals surface area contributed by atoms with Crippen molar-refractivity contribution in [2.45, 2.75) is 26.9 Å². The normalized spacial score (nSPS) is 10.6. The van der Waals surface area contributed by atoms with Crippen molar-refractivity contribution in [3.8, 4) is 17.0 Å². The molecule has 0 unspecified atom stereocenters. The van der Waals surface area contributed by atoms with E-state index in [4.69, 9.17) is 10.5 Å². The Morgan fingerprint density at radius 3 is 2.65 bits per heavy atom. The van der Waals surface area contributed by atoms with Gasteiger partial charge in [-0.25, -0.2) is 4.68 Å². The second-order valence-corrected chi connectivity index (χ2v) is 4.56. The molecule has 0 aliphatic heterocycles. The molecule has 0 bridgehead atoms. The maximum absolute atomic E-state index is 12.0. The second-order valence-electron chi connectivity index (χ2n) is 4.56. The molecule has 0 spiro atoms. The Balaban J connectivity index is 2.57. The molecular weight excluding hydrogens is 254 g/mol. The zero-order valence-corrected chi connectivity index (χ0v) is 12.0. The predicted molar refractivity (Wildman–Crippen MR) is 78.8 cm³/mol. The van der Waals surface area contributed by atoms with Crippen molar-refractivity contribution in [1.29, 1.82) is 0 Å². The van der Waals surface area contributed by atoms with Gasteiger partial charge in [0.15, 0.2) is 0 Å². The highest BCUT2D eigenvalue weighted by Crippen LogP contribution is 2.24. The molecule has 0 fully saturated rings. The number of benzene rings is 1. The van der Waals surface area contributed by atoms with E-state index in [0.717, 1.165) is 22.6 Å². The predicted octanol–water partition coefficient (Wildman–Crippen LogP) is 1.71. The summed E-state index contributed by atoms with van der Waals surface area (Å²) in [5.74, 6) is 0.830. The molecule has 20 heavy (non-hydrogen) atoms. The molecule has 5 heteroatoms. The average Bonchev–Trinajstić information content (AvgIpc) is 2.47. The zero-order chi connectivity index (χ0) is 14.7. The third-order valence-corrected chi connectivity index (χ3v) is 3.26. The molecule has 0 atom stereocenters. The van der Waals surface area contributed by atoms with E-state index in [9.17, 15) is 4.79 Å². The molecule has 5 nitrogen and oxygen atoms in total. The van der Waals surface area contributed by atoms with E-state index < -0.39 is 0 Å². The Labute approximate surface area is 118 Å². The fourth-order valence-electron chi connectivity index (χ4n) is 2.14. The van der Waals surface area contributed by atoms with Gasteiger partial charge in [-0.15, -0.1) is 0 Å². The van der Waals surface area contributed by atoms with Crippen LogP contribution in [0.4, 0.5) is 0 Å². The van der Waals surface area contributed by atoms with Gasteiger partial charge in [-0.05, 0) is 43.7 Å². The van der Waals surface area contributed by atoms with Crippen LogP contribution in [-0.4, -0.2) is 16.9 Å². The Morgan fingerprint density at radius 2 is 2.10 bits per heavy atom. The number of hydrogen-bond acceptors (Lipinski definition) is 4. The largest absolute Gasteiger partial charge is 0.496 e. The number of methoxy groups -OCH3 is 1. The van der Waals surface area contributed by atoms with Gasteiger partial charge in [-0.3, -0.25) is 4.79 Å². The van der Waals surface area contributed by atoms with Gasteiger partial charge >= 0.3 is 0 Å². The Hall–Kier alpha value is -2.14. The van der Waals surface area contributed by atoms with Crippen molar-refractivity contribution in [2.75, 3.05) is 7.11 Å². The highest BCUT2D eigenvalue weighted by atomic mass is 16.5. The van der Waals surface area contributed by atoms with Crippen LogP contribution in [0.2, 0.25) is 0 Å². The summed E-state index contributed by atoms with van der Waals surface area (Å²) >= 11 is 0. The number of nitrogens with two attached hydrogens (primary N) is 1. The van der Waals surface area contributed by atoms with Gasteiger partial charge in [0.2, 0.25) is 0 Å². The van der Waals surface area contributed by atoms with Crippen molar-refractivity contribution in [3.05, 3.63) is 45.7 Å². The lowest BCUT2D eigenvalue weighted by atomic mass is 10.1. The molecule has 1 aromatic carbocycles. The molecule has 0 amide bonds. The number of rotatable bonds is 4. The number of aromatic nitrogens is 2. The number of ether oxygens (including phenoxy) is 1. The van der Waals surface area contributed by atoms with Crippen LogP contribution in [-0.2, 0) is 13.1 Å². The molecular formula is C15H19N3O2. The minimum atomic E-state index is -0.121. The van der Waals surface area contributed by atoms with Crippen LogP contribution in [0.3, 0.4) is 0 Å². The summed E-state index contributed by atoms with van der Waals surface area (Å²) in [5.41, 5.74) is 8.80. The maximum atomic E-state index is 12.0. The van der Waals surface area contributed by atoms with Gasteiger partial charge in [0.05, 0.1) is 12.8 Å². The van der Waals surface area contributed by atoms with E-state index in [1.165, 1.54) is 4.68 Å². The van der Waals surface area contributed by atoms with Gasteiger partial charge in [0, 0.05) is 24.2 Å². The number of hydrogen-bond donors (Lipinski definition) is 1. The summed E-state index contributed by atoms with van der Waals surface area (Å²) in [5, 5.41) is 4.37.